The van der Waals surface area contributed by atoms with Crippen molar-refractivity contribution in [2.75, 3.05) is 47.4 Å². The predicted molar refractivity (Wildman–Crippen MR) is 167 cm³/mol. The van der Waals surface area contributed by atoms with Gasteiger partial charge in [-0.15, -0.1) is 0 Å². The zero-order valence-corrected chi connectivity index (χ0v) is 27.9. The molecule has 0 saturated heterocycles. The van der Waals surface area contributed by atoms with E-state index in [1.165, 1.54) is 0 Å². The normalized spacial score (nSPS) is 14.8. The topological polar surface area (TPSA) is 127 Å². The van der Waals surface area contributed by atoms with E-state index in [1.807, 2.05) is 41.8 Å². The number of methoxy groups -OCH3 is 1. The minimum absolute atomic E-state index is 0.0497. The molecule has 0 heterocycles. The highest BCUT2D eigenvalue weighted by molar-refractivity contribution is 5.95. The van der Waals surface area contributed by atoms with Crippen LogP contribution >= 0.6 is 0 Å². The van der Waals surface area contributed by atoms with E-state index in [9.17, 15) is 9.59 Å². The molecule has 0 radical (unpaired) electrons. The maximum Gasteiger partial charge on any atom is 0.169 e. The van der Waals surface area contributed by atoms with Crippen molar-refractivity contribution in [1.29, 1.82) is 0 Å². The fourth-order valence-electron chi connectivity index (χ4n) is 4.63. The van der Waals surface area contributed by atoms with Gasteiger partial charge in [-0.05, 0) is 128 Å². The van der Waals surface area contributed by atoms with Gasteiger partial charge in [-0.1, -0.05) is 12.8 Å². The number of hydrogen-bond acceptors (Lipinski definition) is 9. The van der Waals surface area contributed by atoms with Gasteiger partial charge >= 0.3 is 0 Å². The number of ether oxygens (including phenoxy) is 2. The van der Waals surface area contributed by atoms with Crippen LogP contribution in [-0.2, 0) is 19.1 Å². The van der Waals surface area contributed by atoms with Crippen LogP contribution in [0, 0.1) is 0 Å². The molecule has 0 aliphatic rings. The fraction of sp³-hybridized carbons (Fsp3) is 0.935. The zero-order valence-electron chi connectivity index (χ0n) is 27.9. The predicted octanol–water partition coefficient (Wildman–Crippen LogP) is 3.34. The van der Waals surface area contributed by atoms with Gasteiger partial charge in [-0.3, -0.25) is 14.9 Å². The third-order valence-electron chi connectivity index (χ3n) is 7.83. The molecule has 9 heteroatoms. The third-order valence-corrected chi connectivity index (χ3v) is 7.83. The molecule has 0 aromatic carbocycles. The van der Waals surface area contributed by atoms with Gasteiger partial charge in [0.2, 0.25) is 0 Å². The van der Waals surface area contributed by atoms with Crippen molar-refractivity contribution < 1.29 is 19.1 Å². The molecule has 0 aliphatic heterocycles. The smallest absolute Gasteiger partial charge is 0.169 e. The monoisotopic (exact) mass is 572 g/mol. The zero-order chi connectivity index (χ0) is 31.0. The largest absolute Gasteiger partial charge is 0.379 e. The molecular formula is C31H65N5O4. The Morgan fingerprint density at radius 2 is 1.27 bits per heavy atom. The SMILES string of the molecule is CNCCCCC(N)C(=O)C(C)(C)NC(CCCCNC)C(=O)C(C)(C)NCCC(C)(C)OCCC(C)(C)OC. The molecule has 2 unspecified atom stereocenters. The average Bonchev–Trinajstić information content (AvgIpc) is 2.86. The summed E-state index contributed by atoms with van der Waals surface area (Å²) in [6.07, 6.45) is 6.55. The number of nitrogens with one attached hydrogen (secondary N) is 4. The lowest BCUT2D eigenvalue weighted by atomic mass is 9.85. The first-order valence-corrected chi connectivity index (χ1v) is 15.3. The molecule has 9 nitrogen and oxygen atoms in total. The van der Waals surface area contributed by atoms with Crippen molar-refractivity contribution in [3.8, 4) is 0 Å². The lowest BCUT2D eigenvalue weighted by Crippen LogP contribution is -2.62. The van der Waals surface area contributed by atoms with E-state index >= 15 is 0 Å². The standard InChI is InChI=1S/C31H65N5O4/c1-28(2,39-11)19-23-40-29(3,4)18-22-35-30(5,6)27(38)25(17-13-15-21-34-10)36-31(7,8)26(37)24(32)16-12-14-20-33-9/h24-25,33-36H,12-23,32H2,1-11H3. The number of carbonyl (C=O) groups excluding carboxylic acids is 2. The highest BCUT2D eigenvalue weighted by Crippen LogP contribution is 2.21. The maximum absolute atomic E-state index is 13.9. The first-order chi connectivity index (χ1) is 18.4. The Morgan fingerprint density at radius 3 is 1.80 bits per heavy atom. The molecule has 0 aliphatic carbocycles. The number of hydrogen-bond donors (Lipinski definition) is 5. The Kier molecular flexibility index (Phi) is 18.1. The van der Waals surface area contributed by atoms with Crippen LogP contribution in [-0.4, -0.2) is 93.4 Å². The highest BCUT2D eigenvalue weighted by Gasteiger charge is 2.39. The van der Waals surface area contributed by atoms with E-state index in [4.69, 9.17) is 15.2 Å². The summed E-state index contributed by atoms with van der Waals surface area (Å²) in [7, 11) is 5.56. The Bertz CT molecular complexity index is 725. The molecule has 0 rings (SSSR count). The number of nitrogens with two attached hydrogens (primary N) is 1. The molecule has 0 aromatic heterocycles. The van der Waals surface area contributed by atoms with E-state index in [2.05, 4.69) is 49.0 Å². The van der Waals surface area contributed by atoms with Crippen LogP contribution in [0.15, 0.2) is 0 Å². The second-order valence-electron chi connectivity index (χ2n) is 13.5. The number of carbonyl (C=O) groups is 2. The lowest BCUT2D eigenvalue weighted by molar-refractivity contribution is -0.130. The molecular weight excluding hydrogens is 506 g/mol. The summed E-state index contributed by atoms with van der Waals surface area (Å²) >= 11 is 0. The lowest BCUT2D eigenvalue weighted by Gasteiger charge is -2.36. The quantitative estimate of drug-likeness (QED) is 0.105. The Morgan fingerprint density at radius 1 is 0.725 bits per heavy atom. The third kappa shape index (κ3) is 15.9. The number of Topliss-reactive ketones (excluding diaryl/α,β-unsaturated/α-hetero) is 2. The molecule has 0 fully saturated rings. The molecule has 2 atom stereocenters. The van der Waals surface area contributed by atoms with Crippen LogP contribution in [0.25, 0.3) is 0 Å². The first kappa shape index (κ1) is 39.1. The van der Waals surface area contributed by atoms with Gasteiger partial charge in [-0.2, -0.15) is 0 Å². The minimum Gasteiger partial charge on any atom is -0.379 e. The van der Waals surface area contributed by atoms with Crippen molar-refractivity contribution in [2.45, 2.75) is 141 Å². The van der Waals surface area contributed by atoms with Crippen molar-refractivity contribution in [3.05, 3.63) is 0 Å². The van der Waals surface area contributed by atoms with Crippen molar-refractivity contribution >= 4 is 11.6 Å². The average molecular weight is 572 g/mol. The van der Waals surface area contributed by atoms with Crippen molar-refractivity contribution in [1.82, 2.24) is 21.3 Å². The minimum atomic E-state index is -0.909. The van der Waals surface area contributed by atoms with Crippen molar-refractivity contribution in [2.24, 2.45) is 5.73 Å². The summed E-state index contributed by atoms with van der Waals surface area (Å²) in [6.45, 7) is 18.8. The summed E-state index contributed by atoms with van der Waals surface area (Å²) in [5, 5.41) is 13.2. The Balaban J connectivity index is 5.27. The van der Waals surface area contributed by atoms with Crippen LogP contribution < -0.4 is 27.0 Å². The van der Waals surface area contributed by atoms with Crippen LogP contribution in [0.2, 0.25) is 0 Å². The molecule has 0 spiro atoms. The van der Waals surface area contributed by atoms with E-state index in [-0.39, 0.29) is 22.8 Å². The summed E-state index contributed by atoms with van der Waals surface area (Å²) in [6, 6.07) is -1.02. The van der Waals surface area contributed by atoms with Gasteiger partial charge in [-0.25, -0.2) is 0 Å². The highest BCUT2D eigenvalue weighted by atomic mass is 16.5. The molecule has 0 saturated carbocycles. The second kappa shape index (κ2) is 18.6. The van der Waals surface area contributed by atoms with Gasteiger partial charge in [0.25, 0.3) is 0 Å². The van der Waals surface area contributed by atoms with Gasteiger partial charge in [0.1, 0.15) is 0 Å². The maximum atomic E-state index is 13.9. The van der Waals surface area contributed by atoms with Crippen LogP contribution in [0.1, 0.15) is 107 Å². The van der Waals surface area contributed by atoms with Gasteiger partial charge in [0, 0.05) is 7.11 Å². The summed E-state index contributed by atoms with van der Waals surface area (Å²) < 4.78 is 11.6. The second-order valence-corrected chi connectivity index (χ2v) is 13.5. The van der Waals surface area contributed by atoms with E-state index < -0.39 is 23.2 Å². The number of ketones is 2. The van der Waals surface area contributed by atoms with Gasteiger partial charge in [0.05, 0.1) is 41.0 Å². The Hall–Kier alpha value is -0.940. The molecule has 6 N–H and O–H groups in total. The number of rotatable bonds is 25. The molecule has 238 valence electrons. The summed E-state index contributed by atoms with van der Waals surface area (Å²) in [5.74, 6) is 0.00675. The van der Waals surface area contributed by atoms with E-state index in [0.29, 0.717) is 26.0 Å². The molecule has 40 heavy (non-hydrogen) atoms. The van der Waals surface area contributed by atoms with Crippen LogP contribution in [0.5, 0.6) is 0 Å². The summed E-state index contributed by atoms with van der Waals surface area (Å²) in [5.41, 5.74) is 4.06. The van der Waals surface area contributed by atoms with E-state index in [1.54, 1.807) is 7.11 Å². The Labute approximate surface area is 246 Å². The summed E-state index contributed by atoms with van der Waals surface area (Å²) in [4.78, 5) is 27.2. The van der Waals surface area contributed by atoms with Gasteiger partial charge in [0.15, 0.2) is 11.6 Å². The van der Waals surface area contributed by atoms with Crippen LogP contribution in [0.4, 0.5) is 0 Å². The van der Waals surface area contributed by atoms with E-state index in [0.717, 1.165) is 51.6 Å². The van der Waals surface area contributed by atoms with Crippen molar-refractivity contribution in [3.63, 3.8) is 0 Å². The fourth-order valence-corrected chi connectivity index (χ4v) is 4.63. The van der Waals surface area contributed by atoms with Gasteiger partial charge < -0.3 is 31.2 Å². The molecule has 0 bridgehead atoms. The molecule has 0 aromatic rings. The molecule has 0 amide bonds. The first-order valence-electron chi connectivity index (χ1n) is 15.3. The van der Waals surface area contributed by atoms with Crippen LogP contribution in [0.3, 0.4) is 0 Å². The number of unbranched alkanes of at least 4 members (excludes halogenated alkanes) is 2.